The number of piperazine rings is 1. The number of methoxy groups -OCH3 is 1. The van der Waals surface area contributed by atoms with Crippen LogP contribution >= 0.6 is 24.8 Å². The average molecular weight is 356 g/mol. The van der Waals surface area contributed by atoms with Crippen LogP contribution < -0.4 is 5.32 Å². The maximum Gasteiger partial charge on any atom is 0.254 e. The molecular weight excluding hydrogens is 325 g/mol. The molecule has 0 aromatic rings. The van der Waals surface area contributed by atoms with Crippen molar-refractivity contribution in [3.05, 3.63) is 0 Å². The van der Waals surface area contributed by atoms with Crippen molar-refractivity contribution in [2.45, 2.75) is 32.3 Å². The third-order valence-corrected chi connectivity index (χ3v) is 4.47. The Hall–Kier alpha value is -0.0700. The lowest BCUT2D eigenvalue weighted by Gasteiger charge is -2.42. The molecule has 0 aliphatic carbocycles. The molecule has 0 unspecified atom stereocenters. The van der Waals surface area contributed by atoms with E-state index in [2.05, 4.69) is 24.1 Å². The van der Waals surface area contributed by atoms with E-state index >= 15 is 0 Å². The largest absolute Gasteiger partial charge is 0.368 e. The van der Waals surface area contributed by atoms with Gasteiger partial charge in [-0.3, -0.25) is 9.69 Å². The van der Waals surface area contributed by atoms with E-state index in [-0.39, 0.29) is 30.7 Å². The van der Waals surface area contributed by atoms with Crippen LogP contribution in [0, 0.1) is 5.92 Å². The Morgan fingerprint density at radius 2 is 1.68 bits per heavy atom. The smallest absolute Gasteiger partial charge is 0.254 e. The highest BCUT2D eigenvalue weighted by Gasteiger charge is 2.42. The van der Waals surface area contributed by atoms with Crippen molar-refractivity contribution in [1.82, 2.24) is 15.1 Å². The molecule has 1 amide bonds. The van der Waals surface area contributed by atoms with Crippen molar-refractivity contribution in [2.75, 3.05) is 52.9 Å². The normalized spacial score (nSPS) is 21.9. The number of halogens is 2. The van der Waals surface area contributed by atoms with Crippen LogP contribution in [-0.4, -0.2) is 74.2 Å². The fourth-order valence-corrected chi connectivity index (χ4v) is 3.27. The summed E-state index contributed by atoms with van der Waals surface area (Å²) in [5, 5.41) is 3.30. The Balaban J connectivity index is 0.00000220. The second-order valence-corrected chi connectivity index (χ2v) is 6.44. The number of nitrogens with one attached hydrogen (secondary N) is 1. The fraction of sp³-hybridized carbons (Fsp3) is 0.933. The molecule has 0 saturated carbocycles. The molecule has 2 saturated heterocycles. The second kappa shape index (κ2) is 9.93. The fourth-order valence-electron chi connectivity index (χ4n) is 3.27. The topological polar surface area (TPSA) is 44.8 Å². The summed E-state index contributed by atoms with van der Waals surface area (Å²) in [6.07, 6.45) is 1.57. The first-order valence-electron chi connectivity index (χ1n) is 7.85. The lowest BCUT2D eigenvalue weighted by Crippen LogP contribution is -2.59. The van der Waals surface area contributed by atoms with Gasteiger partial charge in [-0.2, -0.15) is 0 Å². The Labute approximate surface area is 146 Å². The molecule has 2 fully saturated rings. The minimum atomic E-state index is -0.578. The van der Waals surface area contributed by atoms with Crippen LogP contribution in [0.3, 0.4) is 0 Å². The monoisotopic (exact) mass is 355 g/mol. The number of rotatable bonds is 4. The summed E-state index contributed by atoms with van der Waals surface area (Å²) in [6, 6.07) is 0. The van der Waals surface area contributed by atoms with Crippen molar-refractivity contribution in [3.63, 3.8) is 0 Å². The lowest BCUT2D eigenvalue weighted by atomic mass is 9.90. The zero-order valence-electron chi connectivity index (χ0n) is 14.0. The number of hydrogen-bond acceptors (Lipinski definition) is 4. The number of hydrogen-bond donors (Lipinski definition) is 1. The van der Waals surface area contributed by atoms with E-state index in [0.717, 1.165) is 58.7 Å². The van der Waals surface area contributed by atoms with E-state index in [1.165, 1.54) is 0 Å². The molecule has 22 heavy (non-hydrogen) atoms. The standard InChI is InChI=1S/C15H29N3O2.2ClH/c1-13(2)12-17-8-10-18(11-9-17)14(19)15(20-3)4-6-16-7-5-15;;/h13,16H,4-12H2,1-3H3;2*1H. The SMILES string of the molecule is COC1(C(=O)N2CCN(CC(C)C)CC2)CCNCC1.Cl.Cl. The van der Waals surface area contributed by atoms with Crippen LogP contribution in [0.15, 0.2) is 0 Å². The Bertz CT molecular complexity index is 329. The third kappa shape index (κ3) is 5.24. The summed E-state index contributed by atoms with van der Waals surface area (Å²) >= 11 is 0. The summed E-state index contributed by atoms with van der Waals surface area (Å²) in [5.74, 6) is 0.887. The zero-order valence-corrected chi connectivity index (χ0v) is 15.6. The zero-order chi connectivity index (χ0) is 14.6. The average Bonchev–Trinajstić information content (AvgIpc) is 2.47. The first-order valence-corrected chi connectivity index (χ1v) is 7.85. The predicted octanol–water partition coefficient (Wildman–Crippen LogP) is 1.40. The first-order chi connectivity index (χ1) is 9.57. The van der Waals surface area contributed by atoms with Crippen molar-refractivity contribution >= 4 is 30.7 Å². The van der Waals surface area contributed by atoms with Gasteiger partial charge in [0.15, 0.2) is 0 Å². The summed E-state index contributed by atoms with van der Waals surface area (Å²) in [7, 11) is 1.68. The van der Waals surface area contributed by atoms with Gasteiger partial charge in [-0.05, 0) is 31.8 Å². The number of nitrogens with zero attached hydrogens (tertiary/aromatic N) is 2. The second-order valence-electron chi connectivity index (χ2n) is 6.44. The Kier molecular flexibility index (Phi) is 9.90. The third-order valence-electron chi connectivity index (χ3n) is 4.47. The van der Waals surface area contributed by atoms with Gasteiger partial charge < -0.3 is 15.0 Å². The minimum absolute atomic E-state index is 0. The highest BCUT2D eigenvalue weighted by Crippen LogP contribution is 2.25. The van der Waals surface area contributed by atoms with E-state index in [0.29, 0.717) is 5.92 Å². The number of carbonyl (C=O) groups excluding carboxylic acids is 1. The molecule has 2 rings (SSSR count). The molecule has 2 aliphatic rings. The number of ether oxygens (including phenoxy) is 1. The molecule has 5 nitrogen and oxygen atoms in total. The molecule has 0 aromatic carbocycles. The molecular formula is C15H31Cl2N3O2. The van der Waals surface area contributed by atoms with Crippen molar-refractivity contribution in [3.8, 4) is 0 Å². The van der Waals surface area contributed by atoms with Gasteiger partial charge in [0.1, 0.15) is 5.60 Å². The summed E-state index contributed by atoms with van der Waals surface area (Å²) < 4.78 is 5.64. The van der Waals surface area contributed by atoms with E-state index in [1.54, 1.807) is 7.11 Å². The highest BCUT2D eigenvalue weighted by molar-refractivity contribution is 5.86. The van der Waals surface area contributed by atoms with Gasteiger partial charge in [-0.15, -0.1) is 24.8 Å². The van der Waals surface area contributed by atoms with Crippen LogP contribution in [0.2, 0.25) is 0 Å². The molecule has 2 heterocycles. The molecule has 0 atom stereocenters. The molecule has 2 aliphatic heterocycles. The van der Waals surface area contributed by atoms with Gasteiger partial charge in [0, 0.05) is 39.8 Å². The predicted molar refractivity (Wildman–Crippen MR) is 94.2 cm³/mol. The van der Waals surface area contributed by atoms with Crippen LogP contribution in [-0.2, 0) is 9.53 Å². The van der Waals surface area contributed by atoms with Crippen LogP contribution in [0.5, 0.6) is 0 Å². The van der Waals surface area contributed by atoms with Crippen LogP contribution in [0.25, 0.3) is 0 Å². The van der Waals surface area contributed by atoms with Crippen LogP contribution in [0.4, 0.5) is 0 Å². The molecule has 0 aromatic heterocycles. The number of piperidine rings is 1. The van der Waals surface area contributed by atoms with Gasteiger partial charge in [0.05, 0.1) is 0 Å². The van der Waals surface area contributed by atoms with Gasteiger partial charge in [0.2, 0.25) is 0 Å². The Morgan fingerprint density at radius 1 is 1.14 bits per heavy atom. The van der Waals surface area contributed by atoms with Gasteiger partial charge >= 0.3 is 0 Å². The molecule has 0 radical (unpaired) electrons. The van der Waals surface area contributed by atoms with Gasteiger partial charge in [0.25, 0.3) is 5.91 Å². The van der Waals surface area contributed by atoms with Crippen LogP contribution in [0.1, 0.15) is 26.7 Å². The molecule has 7 heteroatoms. The maximum absolute atomic E-state index is 12.8. The minimum Gasteiger partial charge on any atom is -0.368 e. The summed E-state index contributed by atoms with van der Waals surface area (Å²) in [6.45, 7) is 11.0. The van der Waals surface area contributed by atoms with E-state index in [4.69, 9.17) is 4.74 Å². The van der Waals surface area contributed by atoms with Gasteiger partial charge in [-0.25, -0.2) is 0 Å². The van der Waals surface area contributed by atoms with Crippen molar-refractivity contribution in [1.29, 1.82) is 0 Å². The summed E-state index contributed by atoms with van der Waals surface area (Å²) in [5.41, 5.74) is -0.578. The molecule has 1 N–H and O–H groups in total. The highest BCUT2D eigenvalue weighted by atomic mass is 35.5. The number of carbonyl (C=O) groups is 1. The first kappa shape index (κ1) is 21.9. The molecule has 0 spiro atoms. The Morgan fingerprint density at radius 3 is 2.14 bits per heavy atom. The number of amides is 1. The molecule has 0 bridgehead atoms. The van der Waals surface area contributed by atoms with Gasteiger partial charge in [-0.1, -0.05) is 13.8 Å². The molecule has 132 valence electrons. The van der Waals surface area contributed by atoms with Crippen molar-refractivity contribution in [2.24, 2.45) is 5.92 Å². The van der Waals surface area contributed by atoms with E-state index in [9.17, 15) is 4.79 Å². The van der Waals surface area contributed by atoms with E-state index < -0.39 is 5.60 Å². The lowest BCUT2D eigenvalue weighted by molar-refractivity contribution is -0.160. The van der Waals surface area contributed by atoms with Crippen molar-refractivity contribution < 1.29 is 9.53 Å². The summed E-state index contributed by atoms with van der Waals surface area (Å²) in [4.78, 5) is 17.2. The maximum atomic E-state index is 12.8. The quantitative estimate of drug-likeness (QED) is 0.827. The van der Waals surface area contributed by atoms with E-state index in [1.807, 2.05) is 4.90 Å².